The summed E-state index contributed by atoms with van der Waals surface area (Å²) in [5, 5.41) is 5.74. The number of hydrogen-bond donors (Lipinski definition) is 1. The molecule has 3 heterocycles. The summed E-state index contributed by atoms with van der Waals surface area (Å²) < 4.78 is 8.25. The zero-order valence-corrected chi connectivity index (χ0v) is 14.3. The fourth-order valence-electron chi connectivity index (χ4n) is 2.99. The Balaban J connectivity index is 1.88. The average molecular weight is 401 g/mol. The van der Waals surface area contributed by atoms with E-state index in [1.807, 2.05) is 6.20 Å². The molecule has 0 radical (unpaired) electrons. The number of nitrogens with zero attached hydrogens (tertiary/aromatic N) is 4. The predicted octanol–water partition coefficient (Wildman–Crippen LogP) is 1.90. The minimum absolute atomic E-state index is 0.380. The highest BCUT2D eigenvalue weighted by atomic mass is 127. The fraction of sp³-hybridized carbons (Fsp3) is 0.571. The summed E-state index contributed by atoms with van der Waals surface area (Å²) in [5.74, 6) is 0. The van der Waals surface area contributed by atoms with E-state index in [1.54, 1.807) is 13.3 Å². The van der Waals surface area contributed by atoms with Gasteiger partial charge in [0, 0.05) is 20.2 Å². The molecular weight excluding hydrogens is 381 g/mol. The van der Waals surface area contributed by atoms with E-state index in [-0.39, 0.29) is 0 Å². The Kier molecular flexibility index (Phi) is 4.60. The second-order valence-electron chi connectivity index (χ2n) is 5.45. The molecule has 21 heavy (non-hydrogen) atoms. The van der Waals surface area contributed by atoms with Gasteiger partial charge in [-0.25, -0.2) is 0 Å². The molecule has 1 saturated heterocycles. The molecule has 1 unspecified atom stereocenters. The molecule has 1 aliphatic heterocycles. The van der Waals surface area contributed by atoms with Crippen LogP contribution in [0.1, 0.15) is 18.9 Å². The van der Waals surface area contributed by atoms with Crippen LogP contribution in [0.15, 0.2) is 12.4 Å². The summed E-state index contributed by atoms with van der Waals surface area (Å²) in [6.45, 7) is 3.89. The number of halogens is 1. The van der Waals surface area contributed by atoms with Crippen LogP contribution in [0.25, 0.3) is 10.9 Å². The minimum Gasteiger partial charge on any atom is -0.397 e. The van der Waals surface area contributed by atoms with E-state index in [4.69, 9.17) is 15.6 Å². The number of aromatic nitrogens is 3. The Morgan fingerprint density at radius 1 is 1.48 bits per heavy atom. The molecule has 0 aliphatic carbocycles. The summed E-state index contributed by atoms with van der Waals surface area (Å²) >= 11 is 2.26. The zero-order chi connectivity index (χ0) is 14.8. The second-order valence-corrected chi connectivity index (χ2v) is 6.47. The number of fused-ring (bicyclic) bond motifs is 1. The number of methoxy groups -OCH3 is 1. The lowest BCUT2D eigenvalue weighted by Crippen LogP contribution is -2.38. The first-order valence-corrected chi connectivity index (χ1v) is 8.27. The van der Waals surface area contributed by atoms with E-state index < -0.39 is 0 Å². The normalized spacial score (nSPS) is 20.2. The molecule has 0 aromatic carbocycles. The molecule has 3 rings (SSSR count). The third-order valence-electron chi connectivity index (χ3n) is 4.04. The number of nitrogens with two attached hydrogens (primary N) is 1. The van der Waals surface area contributed by atoms with Gasteiger partial charge in [0.1, 0.15) is 3.70 Å². The lowest BCUT2D eigenvalue weighted by molar-refractivity contribution is 0.114. The van der Waals surface area contributed by atoms with Crippen molar-refractivity contribution >= 4 is 39.2 Å². The highest BCUT2D eigenvalue weighted by molar-refractivity contribution is 14.1. The highest BCUT2D eigenvalue weighted by Gasteiger charge is 2.24. The molecule has 1 atom stereocenters. The van der Waals surface area contributed by atoms with E-state index in [2.05, 4.69) is 37.2 Å². The maximum absolute atomic E-state index is 6.05. The van der Waals surface area contributed by atoms with Crippen molar-refractivity contribution in [3.05, 3.63) is 16.1 Å². The molecule has 0 spiro atoms. The SMILES string of the molecule is COCCN1CCCC(n2nc(I)c3c(N)cncc32)C1. The monoisotopic (exact) mass is 401 g/mol. The van der Waals surface area contributed by atoms with Crippen molar-refractivity contribution in [2.24, 2.45) is 0 Å². The minimum atomic E-state index is 0.380. The van der Waals surface area contributed by atoms with Gasteiger partial charge in [-0.15, -0.1) is 0 Å². The maximum atomic E-state index is 6.05. The summed E-state index contributed by atoms with van der Waals surface area (Å²) in [4.78, 5) is 6.67. The van der Waals surface area contributed by atoms with Crippen molar-refractivity contribution in [3.63, 3.8) is 0 Å². The standard InChI is InChI=1S/C14H20IN5O/c1-21-6-5-19-4-2-3-10(9-19)20-12-8-17-7-11(16)13(12)14(15)18-20/h7-8,10H,2-6,9,16H2,1H3. The number of anilines is 1. The first-order chi connectivity index (χ1) is 10.2. The summed E-state index contributed by atoms with van der Waals surface area (Å²) in [5.41, 5.74) is 7.79. The lowest BCUT2D eigenvalue weighted by Gasteiger charge is -2.32. The molecule has 0 saturated carbocycles. The molecule has 1 aliphatic rings. The van der Waals surface area contributed by atoms with E-state index in [1.165, 1.54) is 6.42 Å². The zero-order valence-electron chi connectivity index (χ0n) is 12.1. The molecule has 0 amide bonds. The van der Waals surface area contributed by atoms with Crippen molar-refractivity contribution in [2.45, 2.75) is 18.9 Å². The first kappa shape index (κ1) is 15.0. The van der Waals surface area contributed by atoms with Crippen molar-refractivity contribution in [3.8, 4) is 0 Å². The Bertz CT molecular complexity index is 629. The summed E-state index contributed by atoms with van der Waals surface area (Å²) in [6.07, 6.45) is 5.89. The number of piperidine rings is 1. The largest absolute Gasteiger partial charge is 0.397 e. The lowest BCUT2D eigenvalue weighted by atomic mass is 10.1. The first-order valence-electron chi connectivity index (χ1n) is 7.19. The van der Waals surface area contributed by atoms with Gasteiger partial charge in [-0.3, -0.25) is 14.6 Å². The van der Waals surface area contributed by atoms with E-state index >= 15 is 0 Å². The number of pyridine rings is 1. The van der Waals surface area contributed by atoms with Crippen LogP contribution in [0, 0.1) is 3.70 Å². The Hall–Kier alpha value is -0.930. The van der Waals surface area contributed by atoms with Gasteiger partial charge in [-0.1, -0.05) is 0 Å². The number of likely N-dealkylation sites (tertiary alicyclic amines) is 1. The Morgan fingerprint density at radius 3 is 3.14 bits per heavy atom. The van der Waals surface area contributed by atoms with Gasteiger partial charge in [-0.2, -0.15) is 5.10 Å². The van der Waals surface area contributed by atoms with Crippen LogP contribution >= 0.6 is 22.6 Å². The topological polar surface area (TPSA) is 69.2 Å². The fourth-order valence-corrected chi connectivity index (χ4v) is 3.81. The van der Waals surface area contributed by atoms with Gasteiger partial charge < -0.3 is 10.5 Å². The van der Waals surface area contributed by atoms with Gasteiger partial charge in [-0.05, 0) is 42.0 Å². The van der Waals surface area contributed by atoms with Crippen LogP contribution in [0.4, 0.5) is 5.69 Å². The Morgan fingerprint density at radius 2 is 2.33 bits per heavy atom. The summed E-state index contributed by atoms with van der Waals surface area (Å²) in [6, 6.07) is 0.380. The quantitative estimate of drug-likeness (QED) is 0.793. The van der Waals surface area contributed by atoms with Gasteiger partial charge in [0.25, 0.3) is 0 Å². The molecule has 0 bridgehead atoms. The van der Waals surface area contributed by atoms with Gasteiger partial charge in [0.2, 0.25) is 0 Å². The molecule has 1 fully saturated rings. The Labute approximate surface area is 137 Å². The average Bonchev–Trinajstić information content (AvgIpc) is 2.84. The van der Waals surface area contributed by atoms with Gasteiger partial charge in [0.05, 0.1) is 41.6 Å². The van der Waals surface area contributed by atoms with Crippen LogP contribution in [-0.4, -0.2) is 53.0 Å². The van der Waals surface area contributed by atoms with Crippen LogP contribution in [0.5, 0.6) is 0 Å². The predicted molar refractivity (Wildman–Crippen MR) is 91.2 cm³/mol. The molecule has 2 N–H and O–H groups in total. The van der Waals surface area contributed by atoms with Crippen LogP contribution < -0.4 is 5.73 Å². The maximum Gasteiger partial charge on any atom is 0.133 e. The van der Waals surface area contributed by atoms with Gasteiger partial charge >= 0.3 is 0 Å². The number of hydrogen-bond acceptors (Lipinski definition) is 5. The van der Waals surface area contributed by atoms with Crippen molar-refractivity contribution in [1.29, 1.82) is 0 Å². The molecule has 2 aromatic rings. The molecule has 2 aromatic heterocycles. The second kappa shape index (κ2) is 6.45. The highest BCUT2D eigenvalue weighted by Crippen LogP contribution is 2.30. The number of rotatable bonds is 4. The van der Waals surface area contributed by atoms with E-state index in [0.29, 0.717) is 11.7 Å². The van der Waals surface area contributed by atoms with Crippen molar-refractivity contribution in [2.75, 3.05) is 39.1 Å². The molecular formula is C14H20IN5O. The third kappa shape index (κ3) is 3.00. The molecule has 7 heteroatoms. The van der Waals surface area contributed by atoms with E-state index in [9.17, 15) is 0 Å². The van der Waals surface area contributed by atoms with Gasteiger partial charge in [0.15, 0.2) is 0 Å². The molecule has 6 nitrogen and oxygen atoms in total. The van der Waals surface area contributed by atoms with Crippen LogP contribution in [-0.2, 0) is 4.74 Å². The van der Waals surface area contributed by atoms with Crippen LogP contribution in [0.3, 0.4) is 0 Å². The third-order valence-corrected chi connectivity index (χ3v) is 4.80. The summed E-state index contributed by atoms with van der Waals surface area (Å²) in [7, 11) is 1.75. The number of nitrogen functional groups attached to an aromatic ring is 1. The van der Waals surface area contributed by atoms with Crippen LogP contribution in [0.2, 0.25) is 0 Å². The smallest absolute Gasteiger partial charge is 0.133 e. The van der Waals surface area contributed by atoms with Crippen molar-refractivity contribution in [1.82, 2.24) is 19.7 Å². The van der Waals surface area contributed by atoms with E-state index in [0.717, 1.165) is 47.3 Å². The molecule has 114 valence electrons. The van der Waals surface area contributed by atoms with Crippen molar-refractivity contribution < 1.29 is 4.74 Å². The number of ether oxygens (including phenoxy) is 1.